The molecule has 8 heteroatoms. The highest BCUT2D eigenvalue weighted by Crippen LogP contribution is 2.34. The van der Waals surface area contributed by atoms with E-state index in [9.17, 15) is 0 Å². The van der Waals surface area contributed by atoms with Crippen molar-refractivity contribution in [3.05, 3.63) is 65.8 Å². The van der Waals surface area contributed by atoms with Gasteiger partial charge in [0.1, 0.15) is 47.8 Å². The van der Waals surface area contributed by atoms with Crippen LogP contribution in [0.25, 0.3) is 10.9 Å². The average molecular weight is 470 g/mol. The Morgan fingerprint density at radius 2 is 2.00 bits per heavy atom. The van der Waals surface area contributed by atoms with Gasteiger partial charge in [0, 0.05) is 24.8 Å². The summed E-state index contributed by atoms with van der Waals surface area (Å²) in [5, 5.41) is 8.19. The minimum Gasteiger partial charge on any atom is -0.489 e. The molecule has 0 spiro atoms. The van der Waals surface area contributed by atoms with Crippen LogP contribution in [0.3, 0.4) is 0 Å². The Labute approximate surface area is 204 Å². The van der Waals surface area contributed by atoms with E-state index in [-0.39, 0.29) is 12.7 Å². The maximum Gasteiger partial charge on any atom is 0.145 e. The molecule has 1 aliphatic rings. The minimum atomic E-state index is 0.169. The second kappa shape index (κ2) is 10.0. The van der Waals surface area contributed by atoms with Gasteiger partial charge in [0.05, 0.1) is 16.5 Å². The quantitative estimate of drug-likeness (QED) is 0.390. The van der Waals surface area contributed by atoms with Gasteiger partial charge >= 0.3 is 0 Å². The summed E-state index contributed by atoms with van der Waals surface area (Å²) in [7, 11) is 2.14. The Kier molecular flexibility index (Phi) is 6.51. The largest absolute Gasteiger partial charge is 0.489 e. The number of rotatable bonds is 7. The second-order valence-electron chi connectivity index (χ2n) is 8.69. The van der Waals surface area contributed by atoms with Gasteiger partial charge in [0.25, 0.3) is 0 Å². The number of ether oxygens (including phenoxy) is 2. The molecular weight excluding hydrogens is 442 g/mol. The van der Waals surface area contributed by atoms with Gasteiger partial charge in [-0.05, 0) is 57.1 Å². The normalized spacial score (nSPS) is 14.5. The van der Waals surface area contributed by atoms with Crippen molar-refractivity contribution in [1.82, 2.24) is 20.0 Å². The van der Waals surface area contributed by atoms with Crippen molar-refractivity contribution < 1.29 is 14.0 Å². The van der Waals surface area contributed by atoms with E-state index >= 15 is 0 Å². The molecule has 0 amide bonds. The molecule has 8 nitrogen and oxygen atoms in total. The molecule has 0 aliphatic carbocycles. The highest BCUT2D eigenvalue weighted by atomic mass is 16.5. The number of hydrogen-bond acceptors (Lipinski definition) is 8. The molecule has 4 aromatic rings. The number of aryl methyl sites for hydroxylation is 1. The van der Waals surface area contributed by atoms with Gasteiger partial charge in [-0.15, -0.1) is 6.42 Å². The summed E-state index contributed by atoms with van der Waals surface area (Å²) in [6.07, 6.45) is 9.47. The van der Waals surface area contributed by atoms with Gasteiger partial charge in [0.15, 0.2) is 0 Å². The van der Waals surface area contributed by atoms with Crippen molar-refractivity contribution in [3.63, 3.8) is 0 Å². The van der Waals surface area contributed by atoms with Crippen LogP contribution in [0.2, 0.25) is 0 Å². The van der Waals surface area contributed by atoms with Crippen molar-refractivity contribution in [3.8, 4) is 23.8 Å². The Hall–Kier alpha value is -4.09. The Morgan fingerprint density at radius 3 is 2.77 bits per heavy atom. The summed E-state index contributed by atoms with van der Waals surface area (Å²) in [6.45, 7) is 4.16. The lowest BCUT2D eigenvalue weighted by Gasteiger charge is -2.29. The first-order valence-corrected chi connectivity index (χ1v) is 11.6. The molecule has 0 bridgehead atoms. The zero-order valence-corrected chi connectivity index (χ0v) is 19.8. The van der Waals surface area contributed by atoms with E-state index in [1.165, 1.54) is 0 Å². The van der Waals surface area contributed by atoms with Gasteiger partial charge in [-0.25, -0.2) is 9.97 Å². The summed E-state index contributed by atoms with van der Waals surface area (Å²) >= 11 is 0. The molecule has 1 N–H and O–H groups in total. The number of benzene rings is 2. The van der Waals surface area contributed by atoms with Crippen LogP contribution in [0.1, 0.15) is 29.9 Å². The maximum absolute atomic E-state index is 6.42. The second-order valence-corrected chi connectivity index (χ2v) is 8.69. The predicted octanol–water partition coefficient (Wildman–Crippen LogP) is 4.70. The number of fused-ring (bicyclic) bond motifs is 1. The number of likely N-dealkylation sites (tertiary alicyclic amines) is 1. The Morgan fingerprint density at radius 1 is 1.14 bits per heavy atom. The van der Waals surface area contributed by atoms with E-state index in [0.29, 0.717) is 22.8 Å². The molecule has 0 atom stereocenters. The van der Waals surface area contributed by atoms with E-state index < -0.39 is 0 Å². The topological polar surface area (TPSA) is 85.5 Å². The number of aromatic nitrogens is 3. The zero-order valence-electron chi connectivity index (χ0n) is 19.8. The Balaban J connectivity index is 1.38. The van der Waals surface area contributed by atoms with Crippen LogP contribution in [0.15, 0.2) is 53.3 Å². The molecule has 2 aromatic heterocycles. The van der Waals surface area contributed by atoms with Crippen LogP contribution < -0.4 is 14.8 Å². The predicted molar refractivity (Wildman–Crippen MR) is 134 cm³/mol. The zero-order chi connectivity index (χ0) is 24.2. The fourth-order valence-corrected chi connectivity index (χ4v) is 4.17. The van der Waals surface area contributed by atoms with Crippen LogP contribution in [-0.4, -0.2) is 46.3 Å². The Bertz CT molecular complexity index is 1360. The smallest absolute Gasteiger partial charge is 0.145 e. The first-order chi connectivity index (χ1) is 17.1. The van der Waals surface area contributed by atoms with Crippen LogP contribution in [-0.2, 0) is 6.61 Å². The standard InChI is InChI=1S/C27H27N5O3/c1-4-19-15-20(8-9-24(19)33-16-21-14-18(2)35-31-21)30-27-26-23(28-17-29-27)6-5-7-25(26)34-22-10-12-32(3)13-11-22/h1,5-9,14-15,17,22H,10-13,16H2,2-3H3,(H,28,29,30). The molecule has 0 saturated carbocycles. The lowest BCUT2D eigenvalue weighted by Crippen LogP contribution is -2.35. The number of piperidine rings is 1. The molecule has 1 saturated heterocycles. The van der Waals surface area contributed by atoms with Crippen molar-refractivity contribution in [2.24, 2.45) is 0 Å². The maximum atomic E-state index is 6.42. The molecule has 0 unspecified atom stereocenters. The fourth-order valence-electron chi connectivity index (χ4n) is 4.17. The lowest BCUT2D eigenvalue weighted by atomic mass is 10.1. The van der Waals surface area contributed by atoms with Crippen LogP contribution >= 0.6 is 0 Å². The monoisotopic (exact) mass is 469 g/mol. The van der Waals surface area contributed by atoms with Gasteiger partial charge in [0.2, 0.25) is 0 Å². The highest BCUT2D eigenvalue weighted by Gasteiger charge is 2.20. The van der Waals surface area contributed by atoms with Gasteiger partial charge in [-0.1, -0.05) is 17.1 Å². The third-order valence-electron chi connectivity index (χ3n) is 6.03. The first-order valence-electron chi connectivity index (χ1n) is 11.6. The molecular formula is C27H27N5O3. The molecule has 0 radical (unpaired) electrons. The van der Waals surface area contributed by atoms with Gasteiger partial charge in [-0.2, -0.15) is 0 Å². The van der Waals surface area contributed by atoms with Crippen LogP contribution in [0, 0.1) is 19.3 Å². The van der Waals surface area contributed by atoms with E-state index in [1.54, 1.807) is 6.33 Å². The molecule has 3 heterocycles. The molecule has 178 valence electrons. The van der Waals surface area contributed by atoms with Crippen molar-refractivity contribution in [2.75, 3.05) is 25.5 Å². The average Bonchev–Trinajstić information content (AvgIpc) is 3.29. The third-order valence-corrected chi connectivity index (χ3v) is 6.03. The number of nitrogens with one attached hydrogen (secondary N) is 1. The minimum absolute atomic E-state index is 0.169. The van der Waals surface area contributed by atoms with Gasteiger partial charge in [-0.3, -0.25) is 0 Å². The van der Waals surface area contributed by atoms with Crippen molar-refractivity contribution >= 4 is 22.4 Å². The SMILES string of the molecule is C#Cc1cc(Nc2ncnc3cccc(OC4CCN(C)CC4)c23)ccc1OCc1cc(C)on1. The lowest BCUT2D eigenvalue weighted by molar-refractivity contribution is 0.116. The number of nitrogens with zero attached hydrogens (tertiary/aromatic N) is 4. The van der Waals surface area contributed by atoms with Crippen molar-refractivity contribution in [2.45, 2.75) is 32.5 Å². The highest BCUT2D eigenvalue weighted by molar-refractivity contribution is 5.95. The van der Waals surface area contributed by atoms with E-state index in [2.05, 4.69) is 38.3 Å². The van der Waals surface area contributed by atoms with E-state index in [1.807, 2.05) is 49.4 Å². The number of anilines is 2. The summed E-state index contributed by atoms with van der Waals surface area (Å²) < 4.78 is 17.4. The van der Waals surface area contributed by atoms with E-state index in [4.69, 9.17) is 20.4 Å². The molecule has 35 heavy (non-hydrogen) atoms. The molecule has 1 fully saturated rings. The summed E-state index contributed by atoms with van der Waals surface area (Å²) in [5.74, 6) is 5.47. The molecule has 2 aromatic carbocycles. The number of hydrogen-bond donors (Lipinski definition) is 1. The first kappa shape index (κ1) is 22.7. The third kappa shape index (κ3) is 5.20. The van der Waals surface area contributed by atoms with Gasteiger partial charge < -0.3 is 24.2 Å². The summed E-state index contributed by atoms with van der Waals surface area (Å²) in [5.41, 5.74) is 2.93. The van der Waals surface area contributed by atoms with E-state index in [0.717, 1.165) is 54.0 Å². The molecule has 5 rings (SSSR count). The summed E-state index contributed by atoms with van der Waals surface area (Å²) in [6, 6.07) is 13.3. The van der Waals surface area contributed by atoms with Crippen molar-refractivity contribution in [1.29, 1.82) is 0 Å². The number of terminal acetylenes is 1. The van der Waals surface area contributed by atoms with Crippen LogP contribution in [0.5, 0.6) is 11.5 Å². The summed E-state index contributed by atoms with van der Waals surface area (Å²) in [4.78, 5) is 11.3. The molecule has 1 aliphatic heterocycles. The fraction of sp³-hybridized carbons (Fsp3) is 0.296. The van der Waals surface area contributed by atoms with Crippen LogP contribution in [0.4, 0.5) is 11.5 Å².